The van der Waals surface area contributed by atoms with Gasteiger partial charge in [-0.1, -0.05) is 26.2 Å². The molecule has 2 unspecified atom stereocenters. The Balaban J connectivity index is 3.60. The van der Waals surface area contributed by atoms with Gasteiger partial charge >= 0.3 is 0 Å². The molecule has 84 valence electrons. The topological polar surface area (TPSA) is 29.1 Å². The number of nitrogens with one attached hydrogen (secondary N) is 1. The predicted octanol–water partition coefficient (Wildman–Crippen LogP) is 2.92. The summed E-state index contributed by atoms with van der Waals surface area (Å²) in [6.45, 7) is 4.15. The SMILES string of the molecule is CCCCCC(C)NC(=O)C(Cl)CCl. The Hall–Kier alpha value is 0.0500. The first-order valence-corrected chi connectivity index (χ1v) is 6.09. The number of carbonyl (C=O) groups is 1. The van der Waals surface area contributed by atoms with Gasteiger partial charge in [-0.05, 0) is 13.3 Å². The lowest BCUT2D eigenvalue weighted by Gasteiger charge is -2.15. The summed E-state index contributed by atoms with van der Waals surface area (Å²) < 4.78 is 0. The first-order valence-electron chi connectivity index (χ1n) is 5.12. The molecule has 1 N–H and O–H groups in total. The highest BCUT2D eigenvalue weighted by Crippen LogP contribution is 2.04. The molecule has 0 aliphatic carbocycles. The molecule has 0 aromatic heterocycles. The Labute approximate surface area is 96.3 Å². The molecule has 0 radical (unpaired) electrons. The molecule has 0 rings (SSSR count). The summed E-state index contributed by atoms with van der Waals surface area (Å²) in [4.78, 5) is 11.3. The molecule has 0 saturated heterocycles. The fraction of sp³-hybridized carbons (Fsp3) is 0.900. The fourth-order valence-electron chi connectivity index (χ4n) is 1.18. The maximum Gasteiger partial charge on any atom is 0.239 e. The molecule has 0 aromatic rings. The van der Waals surface area contributed by atoms with Crippen LogP contribution in [0.3, 0.4) is 0 Å². The number of carbonyl (C=O) groups excluding carboxylic acids is 1. The van der Waals surface area contributed by atoms with Crippen LogP contribution in [0.4, 0.5) is 0 Å². The number of rotatable bonds is 7. The summed E-state index contributed by atoms with van der Waals surface area (Å²) in [6.07, 6.45) is 4.55. The second kappa shape index (κ2) is 8.37. The lowest BCUT2D eigenvalue weighted by Crippen LogP contribution is -2.38. The number of hydrogen-bond acceptors (Lipinski definition) is 1. The van der Waals surface area contributed by atoms with Gasteiger partial charge in [-0.25, -0.2) is 0 Å². The average molecular weight is 240 g/mol. The molecule has 2 atom stereocenters. The van der Waals surface area contributed by atoms with Crippen LogP contribution in [-0.4, -0.2) is 23.2 Å². The highest BCUT2D eigenvalue weighted by molar-refractivity contribution is 6.36. The van der Waals surface area contributed by atoms with Gasteiger partial charge in [-0.3, -0.25) is 4.79 Å². The first kappa shape index (κ1) is 14.1. The molecule has 0 bridgehead atoms. The quantitative estimate of drug-likeness (QED) is 0.538. The molecule has 0 spiro atoms. The number of hydrogen-bond donors (Lipinski definition) is 1. The first-order chi connectivity index (χ1) is 6.61. The van der Waals surface area contributed by atoms with Crippen LogP contribution in [0.15, 0.2) is 0 Å². The van der Waals surface area contributed by atoms with E-state index >= 15 is 0 Å². The van der Waals surface area contributed by atoms with Gasteiger partial charge in [-0.2, -0.15) is 0 Å². The zero-order valence-electron chi connectivity index (χ0n) is 8.85. The average Bonchev–Trinajstić information content (AvgIpc) is 2.16. The van der Waals surface area contributed by atoms with Gasteiger partial charge in [-0.15, -0.1) is 23.2 Å². The minimum atomic E-state index is -0.606. The van der Waals surface area contributed by atoms with Crippen molar-refractivity contribution in [3.63, 3.8) is 0 Å². The van der Waals surface area contributed by atoms with E-state index in [1.165, 1.54) is 12.8 Å². The summed E-state index contributed by atoms with van der Waals surface area (Å²) in [5.74, 6) is 0.000354. The molecule has 0 heterocycles. The van der Waals surface area contributed by atoms with Crippen LogP contribution in [-0.2, 0) is 4.79 Å². The molecular formula is C10H19Cl2NO. The molecule has 0 aromatic carbocycles. The second-order valence-electron chi connectivity index (χ2n) is 3.53. The molecule has 2 nitrogen and oxygen atoms in total. The van der Waals surface area contributed by atoms with Crippen LogP contribution in [0.2, 0.25) is 0 Å². The molecule has 0 aliphatic rings. The summed E-state index contributed by atoms with van der Waals surface area (Å²) in [7, 11) is 0. The van der Waals surface area contributed by atoms with E-state index in [0.29, 0.717) is 0 Å². The third-order valence-corrected chi connectivity index (χ3v) is 2.87. The van der Waals surface area contributed by atoms with Crippen molar-refractivity contribution in [1.82, 2.24) is 5.32 Å². The standard InChI is InChI=1S/C10H19Cl2NO/c1-3-4-5-6-8(2)13-10(14)9(12)7-11/h8-9H,3-7H2,1-2H3,(H,13,14). The van der Waals surface area contributed by atoms with Gasteiger partial charge in [0, 0.05) is 11.9 Å². The maximum atomic E-state index is 11.3. The van der Waals surface area contributed by atoms with Crippen LogP contribution in [0.5, 0.6) is 0 Å². The highest BCUT2D eigenvalue weighted by Gasteiger charge is 2.15. The van der Waals surface area contributed by atoms with Crippen LogP contribution in [0.25, 0.3) is 0 Å². The summed E-state index contributed by atoms with van der Waals surface area (Å²) in [6, 6.07) is 0.193. The summed E-state index contributed by atoms with van der Waals surface area (Å²) in [5, 5.41) is 2.23. The van der Waals surface area contributed by atoms with E-state index in [0.717, 1.165) is 12.8 Å². The molecule has 0 saturated carbocycles. The Morgan fingerprint density at radius 3 is 2.57 bits per heavy atom. The highest BCUT2D eigenvalue weighted by atomic mass is 35.5. The van der Waals surface area contributed by atoms with E-state index in [-0.39, 0.29) is 17.8 Å². The lowest BCUT2D eigenvalue weighted by atomic mass is 10.1. The van der Waals surface area contributed by atoms with Gasteiger partial charge in [0.05, 0.1) is 0 Å². The van der Waals surface area contributed by atoms with Crippen molar-refractivity contribution in [3.8, 4) is 0 Å². The van der Waals surface area contributed by atoms with Crippen LogP contribution < -0.4 is 5.32 Å². The van der Waals surface area contributed by atoms with Crippen molar-refractivity contribution in [2.75, 3.05) is 5.88 Å². The zero-order valence-corrected chi connectivity index (χ0v) is 10.4. The number of alkyl halides is 2. The second-order valence-corrected chi connectivity index (χ2v) is 4.36. The van der Waals surface area contributed by atoms with Crippen LogP contribution >= 0.6 is 23.2 Å². The summed E-state index contributed by atoms with van der Waals surface area (Å²) >= 11 is 11.1. The molecule has 1 amide bonds. The van der Waals surface area contributed by atoms with Gasteiger partial charge in [0.15, 0.2) is 0 Å². The summed E-state index contributed by atoms with van der Waals surface area (Å²) in [5.41, 5.74) is 0. The fourth-order valence-corrected chi connectivity index (χ4v) is 1.38. The van der Waals surface area contributed by atoms with E-state index < -0.39 is 5.38 Å². The van der Waals surface area contributed by atoms with E-state index in [2.05, 4.69) is 12.2 Å². The monoisotopic (exact) mass is 239 g/mol. The third-order valence-electron chi connectivity index (χ3n) is 2.05. The van der Waals surface area contributed by atoms with Gasteiger partial charge in [0.2, 0.25) is 5.91 Å². The molecule has 0 fully saturated rings. The Morgan fingerprint density at radius 2 is 2.07 bits per heavy atom. The minimum absolute atomic E-state index is 0.161. The Bertz CT molecular complexity index is 164. The van der Waals surface area contributed by atoms with Crippen LogP contribution in [0.1, 0.15) is 39.5 Å². The molecule has 14 heavy (non-hydrogen) atoms. The number of amides is 1. The largest absolute Gasteiger partial charge is 0.352 e. The van der Waals surface area contributed by atoms with E-state index in [1.54, 1.807) is 0 Å². The zero-order chi connectivity index (χ0) is 11.0. The predicted molar refractivity (Wildman–Crippen MR) is 62.1 cm³/mol. The van der Waals surface area contributed by atoms with Crippen molar-refractivity contribution in [2.24, 2.45) is 0 Å². The number of unbranched alkanes of at least 4 members (excludes halogenated alkanes) is 2. The lowest BCUT2D eigenvalue weighted by molar-refractivity contribution is -0.121. The normalized spacial score (nSPS) is 14.9. The third kappa shape index (κ3) is 6.50. The van der Waals surface area contributed by atoms with E-state index in [4.69, 9.17) is 23.2 Å². The number of halogens is 2. The smallest absolute Gasteiger partial charge is 0.239 e. The van der Waals surface area contributed by atoms with E-state index in [9.17, 15) is 4.79 Å². The molecule has 0 aliphatic heterocycles. The minimum Gasteiger partial charge on any atom is -0.352 e. The van der Waals surface area contributed by atoms with Crippen molar-refractivity contribution in [2.45, 2.75) is 50.9 Å². The van der Waals surface area contributed by atoms with Gasteiger partial charge in [0.1, 0.15) is 5.38 Å². The van der Waals surface area contributed by atoms with Crippen LogP contribution in [0, 0.1) is 0 Å². The van der Waals surface area contributed by atoms with Crippen molar-refractivity contribution in [1.29, 1.82) is 0 Å². The maximum absolute atomic E-state index is 11.3. The molecule has 4 heteroatoms. The molecular weight excluding hydrogens is 221 g/mol. The van der Waals surface area contributed by atoms with Crippen molar-refractivity contribution >= 4 is 29.1 Å². The van der Waals surface area contributed by atoms with Crippen molar-refractivity contribution in [3.05, 3.63) is 0 Å². The Kier molecular flexibility index (Phi) is 8.40. The Morgan fingerprint density at radius 1 is 1.43 bits per heavy atom. The van der Waals surface area contributed by atoms with Gasteiger partial charge < -0.3 is 5.32 Å². The van der Waals surface area contributed by atoms with Crippen molar-refractivity contribution < 1.29 is 4.79 Å². The van der Waals surface area contributed by atoms with E-state index in [1.807, 2.05) is 6.92 Å². The van der Waals surface area contributed by atoms with Gasteiger partial charge in [0.25, 0.3) is 0 Å².